The van der Waals surface area contributed by atoms with E-state index in [-0.39, 0.29) is 0 Å². The molecule has 3 heteroatoms. The zero-order valence-electron chi connectivity index (χ0n) is 13.4. The Morgan fingerprint density at radius 1 is 0.850 bits per heavy atom. The van der Waals surface area contributed by atoms with Crippen LogP contribution in [0.25, 0.3) is 0 Å². The minimum absolute atomic E-state index is 0.740. The molecule has 0 aromatic carbocycles. The van der Waals surface area contributed by atoms with Gasteiger partial charge in [-0.1, -0.05) is 77.2 Å². The van der Waals surface area contributed by atoms with Crippen molar-refractivity contribution in [3.8, 4) is 0 Å². The van der Waals surface area contributed by atoms with Crippen molar-refractivity contribution in [2.24, 2.45) is 0 Å². The first kappa shape index (κ1) is 19.4. The highest BCUT2D eigenvalue weighted by Crippen LogP contribution is 2.10. The zero-order valence-corrected chi connectivity index (χ0v) is 14.2. The average Bonchev–Trinajstić information content (AvgIpc) is 2.46. The monoisotopic (exact) mass is 298 g/mol. The van der Waals surface area contributed by atoms with Gasteiger partial charge in [0.2, 0.25) is 0 Å². The average molecular weight is 299 g/mol. The normalized spacial score (nSPS) is 10.2. The van der Waals surface area contributed by atoms with Crippen LogP contribution in [0.3, 0.4) is 0 Å². The lowest BCUT2D eigenvalue weighted by molar-refractivity contribution is 0.548. The summed E-state index contributed by atoms with van der Waals surface area (Å²) in [6.45, 7) is 7.65. The topological polar surface area (TPSA) is 24.1 Å². The third-order valence-corrected chi connectivity index (χ3v) is 3.76. The van der Waals surface area contributed by atoms with Crippen molar-refractivity contribution in [1.29, 1.82) is 0 Å². The molecule has 2 nitrogen and oxygen atoms in total. The van der Waals surface area contributed by atoms with Crippen LogP contribution in [0.15, 0.2) is 12.7 Å². The van der Waals surface area contributed by atoms with E-state index in [2.05, 4.69) is 24.1 Å². The molecule has 0 amide bonds. The van der Waals surface area contributed by atoms with E-state index in [4.69, 9.17) is 12.2 Å². The van der Waals surface area contributed by atoms with E-state index in [1.807, 2.05) is 6.08 Å². The lowest BCUT2D eigenvalue weighted by Gasteiger charge is -2.08. The summed E-state index contributed by atoms with van der Waals surface area (Å²) in [4.78, 5) is 0. The van der Waals surface area contributed by atoms with E-state index in [1.54, 1.807) is 0 Å². The maximum absolute atomic E-state index is 5.13. The molecule has 0 bridgehead atoms. The predicted molar refractivity (Wildman–Crippen MR) is 95.3 cm³/mol. The summed E-state index contributed by atoms with van der Waals surface area (Å²) < 4.78 is 0. The number of hydrogen-bond acceptors (Lipinski definition) is 1. The second kappa shape index (κ2) is 16.5. The Morgan fingerprint density at radius 2 is 1.35 bits per heavy atom. The smallest absolute Gasteiger partial charge is 0.166 e. The largest absolute Gasteiger partial charge is 0.363 e. The molecule has 0 aliphatic rings. The third-order valence-electron chi connectivity index (χ3n) is 3.47. The van der Waals surface area contributed by atoms with Gasteiger partial charge >= 0.3 is 0 Å². The Balaban J connectivity index is 3.06. The highest BCUT2D eigenvalue weighted by atomic mass is 32.1. The Kier molecular flexibility index (Phi) is 16.0. The number of nitrogens with one attached hydrogen (secondary N) is 2. The summed E-state index contributed by atoms with van der Waals surface area (Å²) in [6, 6.07) is 0. The maximum Gasteiger partial charge on any atom is 0.166 e. The fourth-order valence-corrected chi connectivity index (χ4v) is 2.40. The first-order chi connectivity index (χ1) is 9.81. The fourth-order valence-electron chi connectivity index (χ4n) is 2.22. The quantitative estimate of drug-likeness (QED) is 0.270. The Hall–Kier alpha value is -0.570. The summed E-state index contributed by atoms with van der Waals surface area (Å²) in [5, 5.41) is 7.04. The SMILES string of the molecule is C=CCNC(=S)NCCCCCCCCCCCCC. The van der Waals surface area contributed by atoms with Crippen molar-refractivity contribution in [3.63, 3.8) is 0 Å². The van der Waals surface area contributed by atoms with Gasteiger partial charge < -0.3 is 10.6 Å². The molecule has 0 aliphatic heterocycles. The molecular formula is C17H34N2S. The third kappa shape index (κ3) is 15.5. The van der Waals surface area contributed by atoms with Gasteiger partial charge in [-0.05, 0) is 18.6 Å². The van der Waals surface area contributed by atoms with E-state index in [0.29, 0.717) is 0 Å². The number of thiocarbonyl (C=S) groups is 1. The van der Waals surface area contributed by atoms with Crippen LogP contribution in [-0.2, 0) is 0 Å². The van der Waals surface area contributed by atoms with Crippen LogP contribution in [0, 0.1) is 0 Å². The van der Waals surface area contributed by atoms with E-state index in [1.165, 1.54) is 70.6 Å². The van der Waals surface area contributed by atoms with Crippen molar-refractivity contribution >= 4 is 17.3 Å². The number of rotatable bonds is 14. The van der Waals surface area contributed by atoms with Crippen LogP contribution in [0.5, 0.6) is 0 Å². The minimum Gasteiger partial charge on any atom is -0.363 e. The second-order valence-corrected chi connectivity index (χ2v) is 5.87. The van der Waals surface area contributed by atoms with Gasteiger partial charge in [-0.2, -0.15) is 0 Å². The van der Waals surface area contributed by atoms with Gasteiger partial charge in [-0.3, -0.25) is 0 Å². The summed E-state index contributed by atoms with van der Waals surface area (Å²) in [5.41, 5.74) is 0. The van der Waals surface area contributed by atoms with Crippen LogP contribution < -0.4 is 10.6 Å². The van der Waals surface area contributed by atoms with Gasteiger partial charge in [-0.25, -0.2) is 0 Å². The van der Waals surface area contributed by atoms with Crippen LogP contribution in [0.1, 0.15) is 77.6 Å². The number of hydrogen-bond donors (Lipinski definition) is 2. The van der Waals surface area contributed by atoms with Gasteiger partial charge in [0.1, 0.15) is 0 Å². The highest BCUT2D eigenvalue weighted by Gasteiger charge is 1.94. The first-order valence-corrected chi connectivity index (χ1v) is 8.84. The van der Waals surface area contributed by atoms with Crippen LogP contribution in [0.4, 0.5) is 0 Å². The molecule has 0 rings (SSSR count). The molecular weight excluding hydrogens is 264 g/mol. The first-order valence-electron chi connectivity index (χ1n) is 8.43. The molecule has 0 heterocycles. The molecule has 0 aromatic rings. The molecule has 0 aliphatic carbocycles. The molecule has 118 valence electrons. The lowest BCUT2D eigenvalue weighted by Crippen LogP contribution is -2.35. The Bertz CT molecular complexity index is 229. The van der Waals surface area contributed by atoms with E-state index in [0.717, 1.165) is 18.2 Å². The standard InChI is InChI=1S/C17H34N2S/c1-3-5-6-7-8-9-10-11-12-13-14-16-19-17(20)18-15-4-2/h4H,2-3,5-16H2,1H3,(H2,18,19,20). The molecule has 0 saturated heterocycles. The van der Waals surface area contributed by atoms with Crippen molar-refractivity contribution in [1.82, 2.24) is 10.6 Å². The molecule has 2 N–H and O–H groups in total. The molecule has 0 saturated carbocycles. The van der Waals surface area contributed by atoms with Crippen molar-refractivity contribution in [2.45, 2.75) is 77.6 Å². The molecule has 0 fully saturated rings. The lowest BCUT2D eigenvalue weighted by atomic mass is 10.1. The summed E-state index contributed by atoms with van der Waals surface area (Å²) in [7, 11) is 0. The second-order valence-electron chi connectivity index (χ2n) is 5.46. The molecule has 0 atom stereocenters. The van der Waals surface area contributed by atoms with E-state index in [9.17, 15) is 0 Å². The summed E-state index contributed by atoms with van der Waals surface area (Å²) in [5.74, 6) is 0. The minimum atomic E-state index is 0.740. The van der Waals surface area contributed by atoms with Gasteiger partial charge in [-0.15, -0.1) is 6.58 Å². The maximum atomic E-state index is 5.13. The van der Waals surface area contributed by atoms with Crippen LogP contribution >= 0.6 is 12.2 Å². The Morgan fingerprint density at radius 3 is 1.85 bits per heavy atom. The number of unbranched alkanes of at least 4 members (excludes halogenated alkanes) is 10. The summed E-state index contributed by atoms with van der Waals surface area (Å²) in [6.07, 6.45) is 17.0. The van der Waals surface area contributed by atoms with E-state index >= 15 is 0 Å². The van der Waals surface area contributed by atoms with Gasteiger partial charge in [0.25, 0.3) is 0 Å². The van der Waals surface area contributed by atoms with Crippen molar-refractivity contribution < 1.29 is 0 Å². The van der Waals surface area contributed by atoms with Crippen molar-refractivity contribution in [3.05, 3.63) is 12.7 Å². The molecule has 0 radical (unpaired) electrons. The van der Waals surface area contributed by atoms with Gasteiger partial charge in [0, 0.05) is 13.1 Å². The van der Waals surface area contributed by atoms with Gasteiger partial charge in [0.05, 0.1) is 0 Å². The molecule has 0 unspecified atom stereocenters. The zero-order chi connectivity index (χ0) is 14.9. The molecule has 0 spiro atoms. The van der Waals surface area contributed by atoms with E-state index < -0.39 is 0 Å². The molecule has 20 heavy (non-hydrogen) atoms. The van der Waals surface area contributed by atoms with Gasteiger partial charge in [0.15, 0.2) is 5.11 Å². The molecule has 0 aromatic heterocycles. The van der Waals surface area contributed by atoms with Crippen LogP contribution in [0.2, 0.25) is 0 Å². The van der Waals surface area contributed by atoms with Crippen LogP contribution in [-0.4, -0.2) is 18.2 Å². The highest BCUT2D eigenvalue weighted by molar-refractivity contribution is 7.80. The summed E-state index contributed by atoms with van der Waals surface area (Å²) >= 11 is 5.13. The Labute approximate surface area is 131 Å². The van der Waals surface area contributed by atoms with Crippen molar-refractivity contribution in [2.75, 3.05) is 13.1 Å². The predicted octanol–water partition coefficient (Wildman–Crippen LogP) is 4.95. The fraction of sp³-hybridized carbons (Fsp3) is 0.824.